The van der Waals surface area contributed by atoms with Crippen molar-refractivity contribution in [2.24, 2.45) is 5.41 Å². The van der Waals surface area contributed by atoms with Crippen LogP contribution in [0.15, 0.2) is 12.2 Å². The molecule has 2 atom stereocenters. The number of hydrogen-bond donors (Lipinski definition) is 1. The number of carbonyl (C=O) groups excluding carboxylic acids is 1. The molecular weight excluding hydrogens is 208 g/mol. The second-order valence-corrected chi connectivity index (χ2v) is 4.85. The lowest BCUT2D eigenvalue weighted by Gasteiger charge is -2.32. The van der Waals surface area contributed by atoms with E-state index < -0.39 is 11.2 Å². The van der Waals surface area contributed by atoms with Gasteiger partial charge in [-0.05, 0) is 31.8 Å². The number of hydrogen-bond acceptors (Lipinski definition) is 4. The normalized spacial score (nSPS) is 37.1. The molecule has 0 aromatic heterocycles. The zero-order chi connectivity index (χ0) is 11.8. The van der Waals surface area contributed by atoms with E-state index in [-0.39, 0.29) is 12.6 Å². The molecule has 2 unspecified atom stereocenters. The van der Waals surface area contributed by atoms with E-state index in [4.69, 9.17) is 9.47 Å². The van der Waals surface area contributed by atoms with Crippen molar-refractivity contribution in [3.8, 4) is 0 Å². The van der Waals surface area contributed by atoms with Gasteiger partial charge in [-0.2, -0.15) is 0 Å². The second kappa shape index (κ2) is 3.86. The fourth-order valence-electron chi connectivity index (χ4n) is 2.68. The third-order valence-electron chi connectivity index (χ3n) is 3.58. The first kappa shape index (κ1) is 11.6. The standard InChI is InChI=1S/C12H18O4/c1-9(2)8-15-10(13)11-4-3-5-12(11,14)16-7-6-11/h14H,1,3-8H2,2H3. The Kier molecular flexibility index (Phi) is 2.80. The first-order valence-corrected chi connectivity index (χ1v) is 5.68. The van der Waals surface area contributed by atoms with Gasteiger partial charge in [0.05, 0.1) is 6.61 Å². The van der Waals surface area contributed by atoms with Crippen LogP contribution in [0.5, 0.6) is 0 Å². The lowest BCUT2D eigenvalue weighted by atomic mass is 9.80. The smallest absolute Gasteiger partial charge is 0.317 e. The van der Waals surface area contributed by atoms with E-state index in [1.54, 1.807) is 6.92 Å². The van der Waals surface area contributed by atoms with Gasteiger partial charge >= 0.3 is 5.97 Å². The van der Waals surface area contributed by atoms with Crippen LogP contribution in [0.25, 0.3) is 0 Å². The highest BCUT2D eigenvalue weighted by molar-refractivity contribution is 5.79. The molecule has 4 nitrogen and oxygen atoms in total. The number of rotatable bonds is 3. The van der Waals surface area contributed by atoms with Crippen LogP contribution >= 0.6 is 0 Å². The molecule has 1 saturated carbocycles. The molecule has 1 N–H and O–H groups in total. The molecule has 1 aliphatic heterocycles. The van der Waals surface area contributed by atoms with Crippen molar-refractivity contribution in [1.82, 2.24) is 0 Å². The van der Waals surface area contributed by atoms with Crippen molar-refractivity contribution in [2.75, 3.05) is 13.2 Å². The lowest BCUT2D eigenvalue weighted by Crippen LogP contribution is -2.46. The topological polar surface area (TPSA) is 55.8 Å². The predicted molar refractivity (Wildman–Crippen MR) is 57.6 cm³/mol. The maximum atomic E-state index is 12.1. The summed E-state index contributed by atoms with van der Waals surface area (Å²) in [6.45, 7) is 6.13. The Hall–Kier alpha value is -0.870. The van der Waals surface area contributed by atoms with Gasteiger partial charge in [0, 0.05) is 6.42 Å². The van der Waals surface area contributed by atoms with Crippen LogP contribution in [0, 0.1) is 5.41 Å². The zero-order valence-electron chi connectivity index (χ0n) is 9.62. The summed E-state index contributed by atoms with van der Waals surface area (Å²) in [5, 5.41) is 10.3. The van der Waals surface area contributed by atoms with E-state index in [2.05, 4.69) is 6.58 Å². The van der Waals surface area contributed by atoms with Crippen LogP contribution < -0.4 is 0 Å². The lowest BCUT2D eigenvalue weighted by molar-refractivity contribution is -0.221. The summed E-state index contributed by atoms with van der Waals surface area (Å²) in [5.41, 5.74) is -0.0344. The highest BCUT2D eigenvalue weighted by Gasteiger charge is 2.64. The molecule has 1 saturated heterocycles. The molecule has 4 heteroatoms. The zero-order valence-corrected chi connectivity index (χ0v) is 9.62. The number of fused-ring (bicyclic) bond motifs is 1. The molecule has 0 aromatic carbocycles. The molecule has 16 heavy (non-hydrogen) atoms. The van der Waals surface area contributed by atoms with Gasteiger partial charge < -0.3 is 14.6 Å². The largest absolute Gasteiger partial charge is 0.461 e. The fourth-order valence-corrected chi connectivity index (χ4v) is 2.68. The average molecular weight is 226 g/mol. The van der Waals surface area contributed by atoms with Gasteiger partial charge in [-0.3, -0.25) is 4.79 Å². The number of aliphatic hydroxyl groups is 1. The molecule has 2 aliphatic rings. The average Bonchev–Trinajstić information content (AvgIpc) is 2.67. The van der Waals surface area contributed by atoms with Crippen LogP contribution in [-0.2, 0) is 14.3 Å². The van der Waals surface area contributed by atoms with Gasteiger partial charge in [0.15, 0.2) is 5.79 Å². The van der Waals surface area contributed by atoms with Gasteiger partial charge in [0.2, 0.25) is 0 Å². The van der Waals surface area contributed by atoms with E-state index in [1.807, 2.05) is 0 Å². The Morgan fingerprint density at radius 1 is 1.50 bits per heavy atom. The fraction of sp³-hybridized carbons (Fsp3) is 0.750. The summed E-state index contributed by atoms with van der Waals surface area (Å²) in [4.78, 5) is 12.1. The van der Waals surface area contributed by atoms with Gasteiger partial charge in [-0.15, -0.1) is 0 Å². The Morgan fingerprint density at radius 3 is 2.94 bits per heavy atom. The van der Waals surface area contributed by atoms with Gasteiger partial charge in [-0.25, -0.2) is 0 Å². The second-order valence-electron chi connectivity index (χ2n) is 4.85. The summed E-state index contributed by atoms with van der Waals surface area (Å²) < 4.78 is 10.5. The summed E-state index contributed by atoms with van der Waals surface area (Å²) in [5.74, 6) is -1.63. The maximum Gasteiger partial charge on any atom is 0.317 e. The first-order valence-electron chi connectivity index (χ1n) is 5.68. The molecule has 0 bridgehead atoms. The van der Waals surface area contributed by atoms with E-state index >= 15 is 0 Å². The first-order chi connectivity index (χ1) is 7.50. The minimum Gasteiger partial charge on any atom is -0.461 e. The number of esters is 1. The Balaban J connectivity index is 2.12. The monoisotopic (exact) mass is 226 g/mol. The van der Waals surface area contributed by atoms with Gasteiger partial charge in [-0.1, -0.05) is 6.58 Å². The Bertz CT molecular complexity index is 311. The summed E-state index contributed by atoms with van der Waals surface area (Å²) >= 11 is 0. The molecule has 2 fully saturated rings. The Morgan fingerprint density at radius 2 is 2.25 bits per heavy atom. The van der Waals surface area contributed by atoms with Crippen LogP contribution in [0.1, 0.15) is 32.6 Å². The van der Waals surface area contributed by atoms with Gasteiger partial charge in [0.25, 0.3) is 0 Å². The predicted octanol–water partition coefficient (Wildman–Crippen LogP) is 1.38. The minimum atomic E-state index is -1.29. The molecule has 1 heterocycles. The van der Waals surface area contributed by atoms with Crippen molar-refractivity contribution in [3.05, 3.63) is 12.2 Å². The maximum absolute atomic E-state index is 12.1. The van der Waals surface area contributed by atoms with Crippen molar-refractivity contribution < 1.29 is 19.4 Å². The molecule has 90 valence electrons. The molecule has 2 rings (SSSR count). The third-order valence-corrected chi connectivity index (χ3v) is 3.58. The van der Waals surface area contributed by atoms with Crippen LogP contribution in [-0.4, -0.2) is 30.1 Å². The molecule has 0 amide bonds. The van der Waals surface area contributed by atoms with E-state index in [9.17, 15) is 9.90 Å². The highest BCUT2D eigenvalue weighted by atomic mass is 16.6. The summed E-state index contributed by atoms with van der Waals surface area (Å²) in [7, 11) is 0. The quantitative estimate of drug-likeness (QED) is 0.583. The summed E-state index contributed by atoms with van der Waals surface area (Å²) in [6.07, 6.45) is 2.53. The van der Waals surface area contributed by atoms with Crippen molar-refractivity contribution in [1.29, 1.82) is 0 Å². The van der Waals surface area contributed by atoms with Crippen LogP contribution in [0.2, 0.25) is 0 Å². The van der Waals surface area contributed by atoms with Crippen molar-refractivity contribution in [3.63, 3.8) is 0 Å². The SMILES string of the molecule is C=C(C)COC(=O)C12CCCC1(O)OCC2. The Labute approximate surface area is 95.2 Å². The van der Waals surface area contributed by atoms with E-state index in [0.717, 1.165) is 12.0 Å². The number of ether oxygens (including phenoxy) is 2. The molecule has 0 spiro atoms. The van der Waals surface area contributed by atoms with Crippen LogP contribution in [0.3, 0.4) is 0 Å². The highest BCUT2D eigenvalue weighted by Crippen LogP contribution is 2.54. The van der Waals surface area contributed by atoms with Crippen molar-refractivity contribution in [2.45, 2.75) is 38.4 Å². The van der Waals surface area contributed by atoms with E-state index in [1.165, 1.54) is 0 Å². The van der Waals surface area contributed by atoms with E-state index in [0.29, 0.717) is 25.9 Å². The van der Waals surface area contributed by atoms with Crippen LogP contribution in [0.4, 0.5) is 0 Å². The third kappa shape index (κ3) is 1.57. The molecule has 1 aliphatic carbocycles. The molecule has 0 aromatic rings. The number of carbonyl (C=O) groups is 1. The van der Waals surface area contributed by atoms with Gasteiger partial charge in [0.1, 0.15) is 12.0 Å². The van der Waals surface area contributed by atoms with Crippen molar-refractivity contribution >= 4 is 5.97 Å². The summed E-state index contributed by atoms with van der Waals surface area (Å²) in [6, 6.07) is 0. The molecule has 0 radical (unpaired) electrons. The minimum absolute atomic E-state index is 0.219. The molecular formula is C12H18O4.